The quantitative estimate of drug-likeness (QED) is 0.909. The third-order valence-corrected chi connectivity index (χ3v) is 3.64. The lowest BCUT2D eigenvalue weighted by Crippen LogP contribution is -2.29. The van der Waals surface area contributed by atoms with Crippen LogP contribution < -0.4 is 5.32 Å². The Bertz CT molecular complexity index is 542. The maximum atomic E-state index is 4.77. The van der Waals surface area contributed by atoms with Gasteiger partial charge in [0.25, 0.3) is 0 Å². The van der Waals surface area contributed by atoms with E-state index in [2.05, 4.69) is 22.2 Å². The normalized spacial score (nSPS) is 19.5. The summed E-state index contributed by atoms with van der Waals surface area (Å²) < 4.78 is 2.02. The zero-order chi connectivity index (χ0) is 13.1. The first-order valence-electron chi connectivity index (χ1n) is 6.93. The van der Waals surface area contributed by atoms with Gasteiger partial charge in [-0.05, 0) is 19.4 Å². The summed E-state index contributed by atoms with van der Waals surface area (Å²) in [4.78, 5) is 13.5. The van der Waals surface area contributed by atoms with E-state index >= 15 is 0 Å². The molecule has 2 aromatic heterocycles. The Kier molecular flexibility index (Phi) is 3.55. The Balaban J connectivity index is 1.91. The minimum Gasteiger partial charge on any atom is -0.316 e. The van der Waals surface area contributed by atoms with Crippen molar-refractivity contribution in [2.45, 2.75) is 32.1 Å². The van der Waals surface area contributed by atoms with E-state index in [0.29, 0.717) is 5.92 Å². The SMILES string of the molecule is CCc1nccn1-c1cncc([C@H]2CCCNC2)n1. The second-order valence-electron chi connectivity index (χ2n) is 4.91. The van der Waals surface area contributed by atoms with Gasteiger partial charge >= 0.3 is 0 Å². The lowest BCUT2D eigenvalue weighted by Gasteiger charge is -2.22. The molecule has 2 aromatic rings. The minimum absolute atomic E-state index is 0.481. The van der Waals surface area contributed by atoms with Crippen molar-refractivity contribution in [1.82, 2.24) is 24.8 Å². The van der Waals surface area contributed by atoms with Gasteiger partial charge in [-0.1, -0.05) is 6.92 Å². The maximum absolute atomic E-state index is 4.77. The summed E-state index contributed by atoms with van der Waals surface area (Å²) in [5, 5.41) is 3.42. The number of nitrogens with one attached hydrogen (secondary N) is 1. The first-order chi connectivity index (χ1) is 9.38. The van der Waals surface area contributed by atoms with Crippen LogP contribution in [-0.2, 0) is 6.42 Å². The van der Waals surface area contributed by atoms with E-state index in [4.69, 9.17) is 4.98 Å². The van der Waals surface area contributed by atoms with Crippen LogP contribution in [-0.4, -0.2) is 32.6 Å². The van der Waals surface area contributed by atoms with E-state index in [9.17, 15) is 0 Å². The van der Waals surface area contributed by atoms with Crippen LogP contribution in [0.3, 0.4) is 0 Å². The van der Waals surface area contributed by atoms with Crippen molar-refractivity contribution in [2.24, 2.45) is 0 Å². The number of hydrogen-bond acceptors (Lipinski definition) is 4. The monoisotopic (exact) mass is 257 g/mol. The molecule has 19 heavy (non-hydrogen) atoms. The molecule has 5 nitrogen and oxygen atoms in total. The summed E-state index contributed by atoms with van der Waals surface area (Å²) >= 11 is 0. The third kappa shape index (κ3) is 2.51. The summed E-state index contributed by atoms with van der Waals surface area (Å²) in [6.45, 7) is 4.22. The van der Waals surface area contributed by atoms with Crippen molar-refractivity contribution in [3.8, 4) is 5.82 Å². The smallest absolute Gasteiger partial charge is 0.156 e. The van der Waals surface area contributed by atoms with Gasteiger partial charge in [0.05, 0.1) is 11.9 Å². The minimum atomic E-state index is 0.481. The Morgan fingerprint density at radius 2 is 2.37 bits per heavy atom. The van der Waals surface area contributed by atoms with E-state index in [-0.39, 0.29) is 0 Å². The zero-order valence-corrected chi connectivity index (χ0v) is 11.2. The molecule has 1 atom stereocenters. The van der Waals surface area contributed by atoms with Gasteiger partial charge in [-0.25, -0.2) is 9.97 Å². The van der Waals surface area contributed by atoms with Crippen molar-refractivity contribution in [3.63, 3.8) is 0 Å². The number of imidazole rings is 1. The molecule has 1 fully saturated rings. The fourth-order valence-corrected chi connectivity index (χ4v) is 2.59. The van der Waals surface area contributed by atoms with E-state index in [1.165, 1.54) is 12.8 Å². The maximum Gasteiger partial charge on any atom is 0.156 e. The highest BCUT2D eigenvalue weighted by atomic mass is 15.1. The van der Waals surface area contributed by atoms with Crippen LogP contribution in [0.4, 0.5) is 0 Å². The molecule has 5 heteroatoms. The zero-order valence-electron chi connectivity index (χ0n) is 11.2. The molecule has 0 amide bonds. The topological polar surface area (TPSA) is 55.6 Å². The molecule has 0 bridgehead atoms. The summed E-state index contributed by atoms with van der Waals surface area (Å²) in [6, 6.07) is 0. The first kappa shape index (κ1) is 12.3. The average Bonchev–Trinajstić information content (AvgIpc) is 2.97. The number of aromatic nitrogens is 4. The fourth-order valence-electron chi connectivity index (χ4n) is 2.59. The van der Waals surface area contributed by atoms with Gasteiger partial charge in [0.2, 0.25) is 0 Å². The largest absolute Gasteiger partial charge is 0.316 e. The third-order valence-electron chi connectivity index (χ3n) is 3.64. The van der Waals surface area contributed by atoms with Gasteiger partial charge in [0.1, 0.15) is 5.82 Å². The first-order valence-corrected chi connectivity index (χ1v) is 6.93. The Morgan fingerprint density at radius 3 is 3.16 bits per heavy atom. The van der Waals surface area contributed by atoms with E-state index in [1.807, 2.05) is 23.2 Å². The van der Waals surface area contributed by atoms with Crippen LogP contribution in [0.1, 0.15) is 37.2 Å². The highest BCUT2D eigenvalue weighted by molar-refractivity contribution is 5.24. The Hall–Kier alpha value is -1.75. The molecule has 1 saturated heterocycles. The number of piperidine rings is 1. The van der Waals surface area contributed by atoms with Gasteiger partial charge < -0.3 is 5.32 Å². The molecular weight excluding hydrogens is 238 g/mol. The molecule has 0 aliphatic carbocycles. The second kappa shape index (κ2) is 5.48. The van der Waals surface area contributed by atoms with Crippen LogP contribution in [0, 0.1) is 0 Å². The van der Waals surface area contributed by atoms with Gasteiger partial charge in [-0.3, -0.25) is 9.55 Å². The molecule has 0 aromatic carbocycles. The Morgan fingerprint density at radius 1 is 1.42 bits per heavy atom. The fraction of sp³-hybridized carbons (Fsp3) is 0.500. The molecule has 0 spiro atoms. The summed E-state index contributed by atoms with van der Waals surface area (Å²) in [5.41, 5.74) is 1.08. The van der Waals surface area contributed by atoms with Crippen molar-refractivity contribution >= 4 is 0 Å². The molecular formula is C14H19N5. The Labute approximate surface area is 113 Å². The van der Waals surface area contributed by atoms with Crippen LogP contribution in [0.25, 0.3) is 5.82 Å². The van der Waals surface area contributed by atoms with Crippen LogP contribution in [0.5, 0.6) is 0 Å². The highest BCUT2D eigenvalue weighted by Gasteiger charge is 2.17. The molecule has 3 rings (SSSR count). The molecule has 1 aliphatic rings. The molecule has 0 radical (unpaired) electrons. The second-order valence-corrected chi connectivity index (χ2v) is 4.91. The number of aryl methyl sites for hydroxylation is 1. The van der Waals surface area contributed by atoms with Crippen LogP contribution in [0.15, 0.2) is 24.8 Å². The number of nitrogens with zero attached hydrogens (tertiary/aromatic N) is 4. The van der Waals surface area contributed by atoms with Gasteiger partial charge in [0.15, 0.2) is 5.82 Å². The lowest BCUT2D eigenvalue weighted by atomic mass is 9.96. The molecule has 0 unspecified atom stereocenters. The molecule has 1 N–H and O–H groups in total. The lowest BCUT2D eigenvalue weighted by molar-refractivity contribution is 0.453. The predicted molar refractivity (Wildman–Crippen MR) is 73.4 cm³/mol. The highest BCUT2D eigenvalue weighted by Crippen LogP contribution is 2.21. The summed E-state index contributed by atoms with van der Waals surface area (Å²) in [6.07, 6.45) is 10.8. The summed E-state index contributed by atoms with van der Waals surface area (Å²) in [5.74, 6) is 2.38. The van der Waals surface area contributed by atoms with Crippen molar-refractivity contribution in [1.29, 1.82) is 0 Å². The van der Waals surface area contributed by atoms with Crippen molar-refractivity contribution in [2.75, 3.05) is 13.1 Å². The number of hydrogen-bond donors (Lipinski definition) is 1. The van der Waals surface area contributed by atoms with Gasteiger partial charge in [-0.2, -0.15) is 0 Å². The summed E-state index contributed by atoms with van der Waals surface area (Å²) in [7, 11) is 0. The molecule has 3 heterocycles. The van der Waals surface area contributed by atoms with E-state index in [1.54, 1.807) is 6.20 Å². The van der Waals surface area contributed by atoms with Crippen LogP contribution in [0.2, 0.25) is 0 Å². The van der Waals surface area contributed by atoms with E-state index < -0.39 is 0 Å². The van der Waals surface area contributed by atoms with Crippen molar-refractivity contribution in [3.05, 3.63) is 36.3 Å². The average molecular weight is 257 g/mol. The molecule has 100 valence electrons. The molecule has 0 saturated carbocycles. The van der Waals surface area contributed by atoms with Crippen LogP contribution >= 0.6 is 0 Å². The van der Waals surface area contributed by atoms with Crippen molar-refractivity contribution < 1.29 is 0 Å². The molecule has 1 aliphatic heterocycles. The van der Waals surface area contributed by atoms with E-state index in [0.717, 1.165) is 36.8 Å². The number of rotatable bonds is 3. The van der Waals surface area contributed by atoms with Gasteiger partial charge in [-0.15, -0.1) is 0 Å². The van der Waals surface area contributed by atoms with Gasteiger partial charge in [0, 0.05) is 37.5 Å². The standard InChI is InChI=1S/C14H19N5/c1-2-13-17-6-7-19(13)14-10-16-9-12(18-14)11-4-3-5-15-8-11/h6-7,9-11,15H,2-5,8H2,1H3/t11-/m0/s1. The predicted octanol–water partition coefficient (Wildman–Crippen LogP) is 1.69.